The van der Waals surface area contributed by atoms with Crippen molar-refractivity contribution in [1.29, 1.82) is 0 Å². The van der Waals surface area contributed by atoms with Crippen LogP contribution in [0, 0.1) is 0 Å². The van der Waals surface area contributed by atoms with Crippen LogP contribution in [0.3, 0.4) is 0 Å². The number of nitrogens with zero attached hydrogens (tertiary/aromatic N) is 1. The average molecular weight is 217 g/mol. The van der Waals surface area contributed by atoms with Crippen LogP contribution in [0.25, 0.3) is 0 Å². The second kappa shape index (κ2) is 4.91. The third kappa shape index (κ3) is 4.82. The van der Waals surface area contributed by atoms with Crippen molar-refractivity contribution in [2.24, 2.45) is 0 Å². The molecule has 0 aromatic rings. The Bertz CT molecular complexity index is 153. The molecule has 0 aliphatic carbocycles. The lowest BCUT2D eigenvalue weighted by Gasteiger charge is -2.21. The summed E-state index contributed by atoms with van der Waals surface area (Å²) < 4.78 is 35.3. The van der Waals surface area contributed by atoms with Crippen molar-refractivity contribution >= 4 is 28.3 Å². The van der Waals surface area contributed by atoms with E-state index >= 15 is 0 Å². The number of hydrogen-bond acceptors (Lipinski definition) is 2. The molecule has 0 aromatic heterocycles. The molecule has 1 nitrogen and oxygen atoms in total. The highest BCUT2D eigenvalue weighted by Gasteiger charge is 2.32. The minimum Gasteiger partial charge on any atom is -0.358 e. The zero-order valence-corrected chi connectivity index (χ0v) is 8.44. The molecule has 0 bridgehead atoms. The highest BCUT2D eigenvalue weighted by atomic mass is 32.2. The van der Waals surface area contributed by atoms with Gasteiger partial charge in [-0.05, 0) is 13.8 Å². The number of thiocarbonyl (C=S) groups is 1. The van der Waals surface area contributed by atoms with Crippen LogP contribution in [-0.2, 0) is 0 Å². The number of hydrogen-bond donors (Lipinski definition) is 0. The summed E-state index contributed by atoms with van der Waals surface area (Å²) in [5.41, 5.74) is -4.26. The molecule has 0 rings (SSSR count). The van der Waals surface area contributed by atoms with Crippen LogP contribution in [-0.4, -0.2) is 27.8 Å². The second-order valence-corrected chi connectivity index (χ2v) is 3.68. The standard InChI is InChI=1S/C6H10F3NS2/c1-3-10(4-2)5(11)12-6(7,8)9/h3-4H2,1-2H3. The van der Waals surface area contributed by atoms with E-state index in [1.807, 2.05) is 0 Å². The van der Waals surface area contributed by atoms with E-state index in [-0.39, 0.29) is 16.1 Å². The first-order valence-corrected chi connectivity index (χ1v) is 4.67. The Labute approximate surface area is 79.3 Å². The predicted molar refractivity (Wildman–Crippen MR) is 49.2 cm³/mol. The highest BCUT2D eigenvalue weighted by molar-refractivity contribution is 8.23. The lowest BCUT2D eigenvalue weighted by atomic mass is 10.6. The van der Waals surface area contributed by atoms with Crippen LogP contribution in [0.15, 0.2) is 0 Å². The smallest absolute Gasteiger partial charge is 0.358 e. The van der Waals surface area contributed by atoms with Crippen molar-refractivity contribution in [3.63, 3.8) is 0 Å². The van der Waals surface area contributed by atoms with Crippen molar-refractivity contribution < 1.29 is 13.2 Å². The first-order chi connectivity index (χ1) is 5.40. The van der Waals surface area contributed by atoms with Crippen molar-refractivity contribution in [1.82, 2.24) is 4.90 Å². The maximum atomic E-state index is 11.8. The zero-order chi connectivity index (χ0) is 9.78. The Balaban J connectivity index is 4.02. The van der Waals surface area contributed by atoms with Gasteiger partial charge in [0, 0.05) is 24.9 Å². The third-order valence-corrected chi connectivity index (χ3v) is 2.40. The van der Waals surface area contributed by atoms with E-state index < -0.39 is 5.51 Å². The van der Waals surface area contributed by atoms with Gasteiger partial charge in [0.1, 0.15) is 4.32 Å². The van der Waals surface area contributed by atoms with Gasteiger partial charge in [-0.3, -0.25) is 0 Å². The van der Waals surface area contributed by atoms with E-state index in [0.29, 0.717) is 13.1 Å². The van der Waals surface area contributed by atoms with Gasteiger partial charge in [-0.1, -0.05) is 12.2 Å². The predicted octanol–water partition coefficient (Wildman–Crippen LogP) is 2.87. The van der Waals surface area contributed by atoms with Gasteiger partial charge < -0.3 is 4.90 Å². The van der Waals surface area contributed by atoms with Crippen molar-refractivity contribution in [3.8, 4) is 0 Å². The minimum absolute atomic E-state index is 0.104. The molecule has 12 heavy (non-hydrogen) atoms. The number of alkyl halides is 3. The van der Waals surface area contributed by atoms with Gasteiger partial charge in [-0.15, -0.1) is 0 Å². The summed E-state index contributed by atoms with van der Waals surface area (Å²) in [5.74, 6) is 0. The van der Waals surface area contributed by atoms with Crippen molar-refractivity contribution in [2.45, 2.75) is 19.4 Å². The van der Waals surface area contributed by atoms with Gasteiger partial charge in [-0.2, -0.15) is 13.2 Å². The van der Waals surface area contributed by atoms with Crippen LogP contribution < -0.4 is 0 Å². The molecule has 6 heteroatoms. The molecule has 0 aliphatic heterocycles. The van der Waals surface area contributed by atoms with E-state index in [9.17, 15) is 13.2 Å². The maximum Gasteiger partial charge on any atom is 0.448 e. The summed E-state index contributed by atoms with van der Waals surface area (Å²) >= 11 is 4.36. The second-order valence-electron chi connectivity index (χ2n) is 1.99. The molecule has 72 valence electrons. The molecule has 0 unspecified atom stereocenters. The summed E-state index contributed by atoms with van der Waals surface area (Å²) in [5, 5.41) is 0. The van der Waals surface area contributed by atoms with Gasteiger partial charge >= 0.3 is 5.51 Å². The molecule has 0 radical (unpaired) electrons. The van der Waals surface area contributed by atoms with Crippen molar-refractivity contribution in [2.75, 3.05) is 13.1 Å². The maximum absolute atomic E-state index is 11.8. The normalized spacial score (nSPS) is 11.4. The van der Waals surface area contributed by atoms with E-state index in [1.165, 1.54) is 4.90 Å². The zero-order valence-electron chi connectivity index (χ0n) is 6.81. The van der Waals surface area contributed by atoms with Crippen LogP contribution in [0.2, 0.25) is 0 Å². The van der Waals surface area contributed by atoms with Crippen molar-refractivity contribution in [3.05, 3.63) is 0 Å². The molecule has 0 saturated heterocycles. The topological polar surface area (TPSA) is 3.24 Å². The van der Waals surface area contributed by atoms with Crippen LogP contribution in [0.1, 0.15) is 13.8 Å². The fraction of sp³-hybridized carbons (Fsp3) is 0.833. The van der Waals surface area contributed by atoms with Gasteiger partial charge in [0.05, 0.1) is 0 Å². The van der Waals surface area contributed by atoms with Crippen LogP contribution in [0.4, 0.5) is 13.2 Å². The number of halogens is 3. The first kappa shape index (κ1) is 12.0. The SMILES string of the molecule is CCN(CC)C(=S)SC(F)(F)F. The molecular weight excluding hydrogens is 207 g/mol. The third-order valence-electron chi connectivity index (χ3n) is 1.22. The molecule has 0 fully saturated rings. The molecular formula is C6H10F3NS2. The summed E-state index contributed by atoms with van der Waals surface area (Å²) in [6.07, 6.45) is 0. The Morgan fingerprint density at radius 2 is 1.75 bits per heavy atom. The lowest BCUT2D eigenvalue weighted by Crippen LogP contribution is -2.28. The summed E-state index contributed by atoms with van der Waals surface area (Å²) in [6, 6.07) is 0. The van der Waals surface area contributed by atoms with E-state index in [4.69, 9.17) is 0 Å². The molecule has 0 atom stereocenters. The number of rotatable bonds is 2. The van der Waals surface area contributed by atoms with Crippen LogP contribution >= 0.6 is 24.0 Å². The molecule has 0 heterocycles. The van der Waals surface area contributed by atoms with Gasteiger partial charge in [0.2, 0.25) is 0 Å². The van der Waals surface area contributed by atoms with E-state index in [0.717, 1.165) is 0 Å². The summed E-state index contributed by atoms with van der Waals surface area (Å²) in [6.45, 7) is 4.57. The van der Waals surface area contributed by atoms with Crippen LogP contribution in [0.5, 0.6) is 0 Å². The molecule has 0 amide bonds. The Morgan fingerprint density at radius 3 is 2.00 bits per heavy atom. The number of thioether (sulfide) groups is 1. The fourth-order valence-corrected chi connectivity index (χ4v) is 1.77. The van der Waals surface area contributed by atoms with Gasteiger partial charge in [0.25, 0.3) is 0 Å². The molecule has 0 aromatic carbocycles. The summed E-state index contributed by atoms with van der Waals surface area (Å²) in [7, 11) is 0. The monoisotopic (exact) mass is 217 g/mol. The quantitative estimate of drug-likeness (QED) is 0.655. The lowest BCUT2D eigenvalue weighted by molar-refractivity contribution is -0.0317. The Kier molecular flexibility index (Phi) is 4.92. The molecule has 0 spiro atoms. The Morgan fingerprint density at radius 1 is 1.33 bits per heavy atom. The molecule has 0 aliphatic rings. The Hall–Kier alpha value is 0.0300. The average Bonchev–Trinajstić information content (AvgIpc) is 1.85. The highest BCUT2D eigenvalue weighted by Crippen LogP contribution is 2.32. The van der Waals surface area contributed by atoms with Gasteiger partial charge in [-0.25, -0.2) is 0 Å². The first-order valence-electron chi connectivity index (χ1n) is 3.45. The molecule has 0 N–H and O–H groups in total. The summed E-state index contributed by atoms with van der Waals surface area (Å²) in [4.78, 5) is 1.49. The molecule has 0 saturated carbocycles. The largest absolute Gasteiger partial charge is 0.448 e. The van der Waals surface area contributed by atoms with E-state index in [2.05, 4.69) is 12.2 Å². The minimum atomic E-state index is -4.26. The fourth-order valence-electron chi connectivity index (χ4n) is 0.645. The van der Waals surface area contributed by atoms with E-state index in [1.54, 1.807) is 13.8 Å². The van der Waals surface area contributed by atoms with Gasteiger partial charge in [0.15, 0.2) is 0 Å².